The van der Waals surface area contributed by atoms with Gasteiger partial charge in [0.05, 0.1) is 0 Å². The maximum atomic E-state index is 13.7. The van der Waals surface area contributed by atoms with Crippen LogP contribution in [-0.4, -0.2) is 38.3 Å². The fraction of sp³-hybridized carbons (Fsp3) is 0.500. The van der Waals surface area contributed by atoms with E-state index in [1.165, 1.54) is 36.3 Å². The Morgan fingerprint density at radius 2 is 1.46 bits per heavy atom. The predicted molar refractivity (Wildman–Crippen MR) is 140 cm³/mol. The molecule has 0 saturated carbocycles. The molecule has 0 fully saturated rings. The van der Waals surface area contributed by atoms with Gasteiger partial charge in [-0.3, -0.25) is 0 Å². The normalized spacial score (nSPS) is 12.3. The maximum absolute atomic E-state index is 13.7. The molecule has 0 aliphatic heterocycles. The molecule has 0 aliphatic rings. The van der Waals surface area contributed by atoms with Gasteiger partial charge in [0.25, 0.3) is 0 Å². The third-order valence-corrected chi connectivity index (χ3v) is 22.0. The van der Waals surface area contributed by atoms with Crippen molar-refractivity contribution in [3.63, 3.8) is 0 Å². The van der Waals surface area contributed by atoms with Crippen LogP contribution in [0.25, 0.3) is 22.9 Å². The summed E-state index contributed by atoms with van der Waals surface area (Å²) in [4.78, 5) is 16.3. The van der Waals surface area contributed by atoms with Crippen LogP contribution >= 0.6 is 11.6 Å². The van der Waals surface area contributed by atoms with Gasteiger partial charge in [0, 0.05) is 0 Å². The molecule has 0 atom stereocenters. The summed E-state index contributed by atoms with van der Waals surface area (Å²) in [6, 6.07) is 7.56. The van der Waals surface area contributed by atoms with E-state index in [1.807, 2.05) is 6.20 Å². The molecule has 0 spiro atoms. The van der Waals surface area contributed by atoms with Gasteiger partial charge in [-0.1, -0.05) is 0 Å². The molecular weight excluding hydrogens is 579 g/mol. The number of alkyl halides is 3. The number of nitrogens with zero attached hydrogens (tertiary/aromatic N) is 3. The molecule has 4 nitrogen and oxygen atoms in total. The first-order chi connectivity index (χ1) is 16.7. The number of benzene rings is 1. The van der Waals surface area contributed by atoms with Crippen LogP contribution in [0, 0.1) is 0 Å². The van der Waals surface area contributed by atoms with E-state index in [1.54, 1.807) is 24.3 Å². The van der Waals surface area contributed by atoms with Crippen LogP contribution in [0.15, 0.2) is 36.5 Å². The molecule has 35 heavy (non-hydrogen) atoms. The molecule has 1 N–H and O–H groups in total. The van der Waals surface area contributed by atoms with Gasteiger partial charge < -0.3 is 0 Å². The molecule has 3 aromatic rings. The number of aromatic nitrogens is 4. The van der Waals surface area contributed by atoms with Gasteiger partial charge in [0.15, 0.2) is 0 Å². The van der Waals surface area contributed by atoms with Crippen LogP contribution in [0.5, 0.6) is 0 Å². The van der Waals surface area contributed by atoms with Gasteiger partial charge in [0.1, 0.15) is 0 Å². The van der Waals surface area contributed by atoms with Crippen molar-refractivity contribution in [2.75, 3.05) is 0 Å². The summed E-state index contributed by atoms with van der Waals surface area (Å²) in [5, 5.41) is 0.504. The predicted octanol–water partition coefficient (Wildman–Crippen LogP) is 8.26. The first-order valence-corrected chi connectivity index (χ1v) is 20.4. The van der Waals surface area contributed by atoms with Crippen molar-refractivity contribution in [3.8, 4) is 22.9 Å². The van der Waals surface area contributed by atoms with Crippen molar-refractivity contribution in [2.45, 2.75) is 78.8 Å². The molecule has 9 heteroatoms. The number of aromatic amines is 1. The molecule has 3 rings (SSSR count). The fourth-order valence-electron chi connectivity index (χ4n) is 4.50. The second-order valence-corrected chi connectivity index (χ2v) is 22.8. The average molecular weight is 614 g/mol. The zero-order valence-electron chi connectivity index (χ0n) is 20.7. The van der Waals surface area contributed by atoms with E-state index in [-0.39, 0.29) is 11.5 Å². The Balaban J connectivity index is 2.08. The third-order valence-electron chi connectivity index (χ3n) is 6.54. The van der Waals surface area contributed by atoms with Crippen molar-refractivity contribution in [2.24, 2.45) is 0 Å². The molecule has 0 unspecified atom stereocenters. The first kappa shape index (κ1) is 28.0. The monoisotopic (exact) mass is 614 g/mol. The molecule has 0 saturated heterocycles. The standard InChI is InChI=1S/C14H7ClF3N4.3C4H9.Sn/c15-9-3-1-8(2-4-9)10-7-11(14(16,17)18)22-13(21-10)12-19-5-6-20-12;3*1-3-4-2;/h1-5,7H,(H,19,20);3*1,3-4H2,2H3;. The zero-order chi connectivity index (χ0) is 25.5. The van der Waals surface area contributed by atoms with Gasteiger partial charge in [-0.2, -0.15) is 0 Å². The molecule has 0 aliphatic carbocycles. The Hall–Kier alpha value is -1.61. The number of halogens is 4. The Morgan fingerprint density at radius 1 is 0.886 bits per heavy atom. The van der Waals surface area contributed by atoms with Crippen molar-refractivity contribution in [1.29, 1.82) is 0 Å². The number of unbranched alkanes of at least 4 members (excludes halogenated alkanes) is 3. The quantitative estimate of drug-likeness (QED) is 0.209. The van der Waals surface area contributed by atoms with Crippen molar-refractivity contribution in [3.05, 3.63) is 47.2 Å². The number of hydrogen-bond donors (Lipinski definition) is 1. The minimum absolute atomic E-state index is 0.0299. The van der Waals surface area contributed by atoms with Gasteiger partial charge in [-0.05, 0) is 0 Å². The molecular formula is C26H34ClF3N4Sn. The van der Waals surface area contributed by atoms with Gasteiger partial charge in [-0.15, -0.1) is 0 Å². The molecule has 0 bridgehead atoms. The van der Waals surface area contributed by atoms with Crippen LogP contribution in [0.3, 0.4) is 0 Å². The second kappa shape index (κ2) is 12.6. The Morgan fingerprint density at radius 3 is 1.97 bits per heavy atom. The molecule has 2 heterocycles. The Bertz CT molecular complexity index is 1060. The van der Waals surface area contributed by atoms with E-state index >= 15 is 0 Å². The number of hydrogen-bond acceptors (Lipinski definition) is 3. The van der Waals surface area contributed by atoms with Crippen LogP contribution < -0.4 is 3.71 Å². The summed E-state index contributed by atoms with van der Waals surface area (Å²) < 4.78 is 46.0. The minimum atomic E-state index is -4.60. The summed E-state index contributed by atoms with van der Waals surface area (Å²) in [7, 11) is 0. The van der Waals surface area contributed by atoms with Crippen molar-refractivity contribution >= 4 is 33.7 Å². The van der Waals surface area contributed by atoms with Crippen LogP contribution in [0.2, 0.25) is 18.3 Å². The fourth-order valence-corrected chi connectivity index (χ4v) is 20.0. The zero-order valence-corrected chi connectivity index (χ0v) is 24.3. The summed E-state index contributed by atoms with van der Waals surface area (Å²) in [5.74, 6) is 0.282. The number of rotatable bonds is 12. The Labute approximate surface area is 215 Å². The van der Waals surface area contributed by atoms with E-state index in [0.29, 0.717) is 16.4 Å². The second-order valence-electron chi connectivity index (χ2n) is 9.20. The summed E-state index contributed by atoms with van der Waals surface area (Å²) >= 11 is 3.14. The van der Waals surface area contributed by atoms with Crippen molar-refractivity contribution < 1.29 is 13.2 Å². The van der Waals surface area contributed by atoms with Gasteiger partial charge in [-0.25, -0.2) is 0 Å². The summed E-state index contributed by atoms with van der Waals surface area (Å²) in [6.45, 7) is 6.64. The average Bonchev–Trinajstić information content (AvgIpc) is 3.34. The SMILES string of the molecule is CCC[CH2][Sn]([CH2]CCC)([CH2]CCC)[c]1cnc(-c2nc(-c3ccc(Cl)cc3)cc(C(F)(F)F)n2)[nH]1. The van der Waals surface area contributed by atoms with Crippen LogP contribution in [-0.2, 0) is 6.18 Å². The van der Waals surface area contributed by atoms with Gasteiger partial charge in [0.2, 0.25) is 0 Å². The third kappa shape index (κ3) is 7.21. The van der Waals surface area contributed by atoms with Gasteiger partial charge >= 0.3 is 216 Å². The molecule has 1 aromatic carbocycles. The molecule has 2 aromatic heterocycles. The van der Waals surface area contributed by atoms with Crippen molar-refractivity contribution in [1.82, 2.24) is 19.9 Å². The Kier molecular flexibility index (Phi) is 10.0. The summed E-state index contributed by atoms with van der Waals surface area (Å²) in [6.07, 6.45) is 4.23. The first-order valence-electron chi connectivity index (χ1n) is 12.5. The topological polar surface area (TPSA) is 54.5 Å². The number of imidazole rings is 1. The van der Waals surface area contributed by atoms with E-state index in [9.17, 15) is 13.2 Å². The molecule has 0 radical (unpaired) electrons. The summed E-state index contributed by atoms with van der Waals surface area (Å²) in [5.41, 5.74) is -0.254. The van der Waals surface area contributed by atoms with E-state index in [2.05, 4.69) is 40.7 Å². The number of nitrogens with one attached hydrogen (secondary N) is 1. The molecule has 190 valence electrons. The van der Waals surface area contributed by atoms with E-state index < -0.39 is 30.2 Å². The molecule has 0 amide bonds. The van der Waals surface area contributed by atoms with Crippen LogP contribution in [0.1, 0.15) is 65.0 Å². The van der Waals surface area contributed by atoms with E-state index in [4.69, 9.17) is 11.6 Å². The van der Waals surface area contributed by atoms with E-state index in [0.717, 1.165) is 25.3 Å². The van der Waals surface area contributed by atoms with Crippen LogP contribution in [0.4, 0.5) is 13.2 Å². The number of H-pyrrole nitrogens is 1.